The molecule has 6 nitrogen and oxygen atoms in total. The van der Waals surface area contributed by atoms with E-state index in [0.717, 1.165) is 23.0 Å². The van der Waals surface area contributed by atoms with Crippen molar-refractivity contribution < 1.29 is 19.1 Å². The minimum Gasteiger partial charge on any atom is -0.481 e. The summed E-state index contributed by atoms with van der Waals surface area (Å²) in [5.74, 6) is -2.11. The summed E-state index contributed by atoms with van der Waals surface area (Å²) < 4.78 is 14.8. The number of benzene rings is 3. The molecular formula is C26H22FN3O3. The molecule has 4 aromatic rings. The first-order chi connectivity index (χ1) is 16.0. The van der Waals surface area contributed by atoms with Gasteiger partial charge in [-0.05, 0) is 48.2 Å². The van der Waals surface area contributed by atoms with Crippen LogP contribution in [0.2, 0.25) is 0 Å². The first-order valence-electron chi connectivity index (χ1n) is 10.9. The highest BCUT2D eigenvalue weighted by molar-refractivity contribution is 6.00. The van der Waals surface area contributed by atoms with Gasteiger partial charge in [0.05, 0.1) is 22.6 Å². The summed E-state index contributed by atoms with van der Waals surface area (Å²) in [7, 11) is 0. The molecule has 1 aromatic heterocycles. The third kappa shape index (κ3) is 4.09. The number of Topliss-reactive ketones (excluding diaryl/α,β-unsaturated/α-hetero) is 1. The smallest absolute Gasteiger partial charge is 0.307 e. The van der Waals surface area contributed by atoms with Crippen LogP contribution in [0.25, 0.3) is 22.2 Å². The van der Waals surface area contributed by atoms with Gasteiger partial charge in [0.2, 0.25) is 5.95 Å². The van der Waals surface area contributed by atoms with Crippen molar-refractivity contribution in [3.05, 3.63) is 78.1 Å². The number of carboxylic acid groups (broad SMARTS) is 1. The van der Waals surface area contributed by atoms with E-state index >= 15 is 0 Å². The summed E-state index contributed by atoms with van der Waals surface area (Å²) in [6.07, 6.45) is 1.89. The Kier molecular flexibility index (Phi) is 5.38. The van der Waals surface area contributed by atoms with Crippen molar-refractivity contribution in [1.29, 1.82) is 0 Å². The van der Waals surface area contributed by atoms with Crippen molar-refractivity contribution in [2.24, 2.45) is 11.8 Å². The Bertz CT molecular complexity index is 1310. The van der Waals surface area contributed by atoms with E-state index in [2.05, 4.69) is 15.3 Å². The number of aromatic nitrogens is 2. The van der Waals surface area contributed by atoms with Crippen LogP contribution in [-0.4, -0.2) is 26.8 Å². The summed E-state index contributed by atoms with van der Waals surface area (Å²) in [6, 6.07) is 19.3. The lowest BCUT2D eigenvalue weighted by molar-refractivity contribution is -0.142. The van der Waals surface area contributed by atoms with E-state index in [1.54, 1.807) is 36.4 Å². The molecule has 1 fully saturated rings. The van der Waals surface area contributed by atoms with E-state index in [1.165, 1.54) is 6.07 Å². The lowest BCUT2D eigenvalue weighted by Crippen LogP contribution is -2.25. The molecule has 166 valence electrons. The maximum Gasteiger partial charge on any atom is 0.307 e. The number of carboxylic acids is 1. The number of carbonyl (C=O) groups is 2. The fraction of sp³-hybridized carbons (Fsp3) is 0.192. The number of hydrogen-bond acceptors (Lipinski definition) is 4. The zero-order valence-electron chi connectivity index (χ0n) is 17.7. The van der Waals surface area contributed by atoms with E-state index in [0.29, 0.717) is 35.6 Å². The summed E-state index contributed by atoms with van der Waals surface area (Å²) in [5, 5.41) is 12.3. The SMILES string of the molecule is O=C(O)[C@@H]1CCC[C@H]1C(=O)c1ccc(-c2ccc(Nc3nc4ccccc4[nH]3)c(F)c2)cc1. The largest absolute Gasteiger partial charge is 0.481 e. The van der Waals surface area contributed by atoms with Crippen LogP contribution in [0, 0.1) is 17.7 Å². The van der Waals surface area contributed by atoms with Gasteiger partial charge in [0.15, 0.2) is 5.78 Å². The summed E-state index contributed by atoms with van der Waals surface area (Å²) in [4.78, 5) is 31.7. The average Bonchev–Trinajstić information content (AvgIpc) is 3.47. The number of nitrogens with zero attached hydrogens (tertiary/aromatic N) is 1. The molecule has 1 aliphatic carbocycles. The van der Waals surface area contributed by atoms with Gasteiger partial charge in [-0.1, -0.05) is 48.9 Å². The van der Waals surface area contributed by atoms with Crippen molar-refractivity contribution in [3.63, 3.8) is 0 Å². The Morgan fingerprint density at radius 1 is 0.970 bits per heavy atom. The first kappa shape index (κ1) is 20.9. The first-order valence-corrected chi connectivity index (χ1v) is 10.9. The number of nitrogens with one attached hydrogen (secondary N) is 2. The van der Waals surface area contributed by atoms with Crippen LogP contribution in [0.1, 0.15) is 29.6 Å². The Morgan fingerprint density at radius 2 is 1.70 bits per heavy atom. The van der Waals surface area contributed by atoms with Crippen molar-refractivity contribution in [2.75, 3.05) is 5.32 Å². The van der Waals surface area contributed by atoms with Crippen molar-refractivity contribution in [3.8, 4) is 11.1 Å². The van der Waals surface area contributed by atoms with Crippen LogP contribution in [0.4, 0.5) is 16.0 Å². The van der Waals surface area contributed by atoms with Crippen LogP contribution in [0.5, 0.6) is 0 Å². The molecule has 33 heavy (non-hydrogen) atoms. The van der Waals surface area contributed by atoms with Gasteiger partial charge in [-0.15, -0.1) is 0 Å². The van der Waals surface area contributed by atoms with Gasteiger partial charge in [0.25, 0.3) is 0 Å². The predicted molar refractivity (Wildman–Crippen MR) is 124 cm³/mol. The zero-order valence-corrected chi connectivity index (χ0v) is 17.7. The second kappa shape index (κ2) is 8.50. The minimum atomic E-state index is -0.908. The monoisotopic (exact) mass is 443 g/mol. The summed E-state index contributed by atoms with van der Waals surface area (Å²) in [6.45, 7) is 0. The maximum absolute atomic E-state index is 14.8. The molecule has 0 unspecified atom stereocenters. The van der Waals surface area contributed by atoms with Crippen LogP contribution >= 0.6 is 0 Å². The molecule has 1 aliphatic rings. The minimum absolute atomic E-state index is 0.136. The molecule has 5 rings (SSSR count). The molecule has 0 spiro atoms. The Labute approximate surface area is 189 Å². The second-order valence-electron chi connectivity index (χ2n) is 8.35. The molecule has 1 saturated carbocycles. The number of aliphatic carboxylic acids is 1. The van der Waals surface area contributed by atoms with E-state index in [4.69, 9.17) is 0 Å². The molecule has 3 aromatic carbocycles. The van der Waals surface area contributed by atoms with Gasteiger partial charge in [-0.25, -0.2) is 9.37 Å². The van der Waals surface area contributed by atoms with Gasteiger partial charge in [0, 0.05) is 11.5 Å². The zero-order chi connectivity index (χ0) is 22.9. The maximum atomic E-state index is 14.8. The van der Waals surface area contributed by atoms with E-state index < -0.39 is 23.6 Å². The Hall–Kier alpha value is -4.00. The second-order valence-corrected chi connectivity index (χ2v) is 8.35. The van der Waals surface area contributed by atoms with Gasteiger partial charge in [0.1, 0.15) is 5.82 Å². The topological polar surface area (TPSA) is 95.1 Å². The van der Waals surface area contributed by atoms with Gasteiger partial charge < -0.3 is 15.4 Å². The molecule has 7 heteroatoms. The number of rotatable bonds is 6. The average molecular weight is 443 g/mol. The highest BCUT2D eigenvalue weighted by atomic mass is 19.1. The Morgan fingerprint density at radius 3 is 2.42 bits per heavy atom. The molecular weight excluding hydrogens is 421 g/mol. The number of fused-ring (bicyclic) bond motifs is 1. The quantitative estimate of drug-likeness (QED) is 0.328. The molecule has 0 amide bonds. The molecule has 2 atom stereocenters. The van der Waals surface area contributed by atoms with Gasteiger partial charge in [-0.3, -0.25) is 9.59 Å². The third-order valence-corrected chi connectivity index (χ3v) is 6.28. The normalized spacial score (nSPS) is 17.8. The molecule has 0 bridgehead atoms. The van der Waals surface area contributed by atoms with Crippen molar-refractivity contribution in [1.82, 2.24) is 9.97 Å². The predicted octanol–water partition coefficient (Wildman–Crippen LogP) is 5.80. The Balaban J connectivity index is 1.33. The van der Waals surface area contributed by atoms with Crippen LogP contribution in [0.3, 0.4) is 0 Å². The number of carbonyl (C=O) groups excluding carboxylic acids is 1. The van der Waals surface area contributed by atoms with E-state index in [1.807, 2.05) is 24.3 Å². The van der Waals surface area contributed by atoms with Crippen molar-refractivity contribution >= 4 is 34.4 Å². The van der Waals surface area contributed by atoms with E-state index in [9.17, 15) is 19.1 Å². The highest BCUT2D eigenvalue weighted by Crippen LogP contribution is 2.35. The number of anilines is 2. The number of H-pyrrole nitrogens is 1. The molecule has 0 aliphatic heterocycles. The molecule has 1 heterocycles. The fourth-order valence-corrected chi connectivity index (χ4v) is 4.55. The molecule has 3 N–H and O–H groups in total. The number of ketones is 1. The summed E-state index contributed by atoms with van der Waals surface area (Å²) in [5.41, 5.74) is 3.87. The molecule has 0 radical (unpaired) electrons. The number of aromatic amines is 1. The highest BCUT2D eigenvalue weighted by Gasteiger charge is 2.37. The van der Waals surface area contributed by atoms with Gasteiger partial charge in [-0.2, -0.15) is 0 Å². The summed E-state index contributed by atoms with van der Waals surface area (Å²) >= 11 is 0. The van der Waals surface area contributed by atoms with E-state index in [-0.39, 0.29) is 5.78 Å². The standard InChI is InChI=1S/C26H22FN3O3/c27-20-14-17(12-13-21(20)28-26-29-22-6-1-2-7-23(22)30-26)15-8-10-16(11-9-15)24(31)18-4-3-5-19(18)25(32)33/h1-2,6-14,18-19H,3-5H2,(H,32,33)(H2,28,29,30)/t18-,19-/m1/s1. The lowest BCUT2D eigenvalue weighted by Gasteiger charge is -2.15. The number of para-hydroxylation sites is 2. The van der Waals surface area contributed by atoms with Crippen LogP contribution < -0.4 is 5.32 Å². The molecule has 0 saturated heterocycles. The lowest BCUT2D eigenvalue weighted by atomic mass is 9.88. The number of imidazole rings is 1. The third-order valence-electron chi connectivity index (χ3n) is 6.28. The fourth-order valence-electron chi connectivity index (χ4n) is 4.55. The number of hydrogen-bond donors (Lipinski definition) is 3. The van der Waals surface area contributed by atoms with Crippen molar-refractivity contribution in [2.45, 2.75) is 19.3 Å². The number of halogens is 1. The van der Waals surface area contributed by atoms with Crippen LogP contribution in [-0.2, 0) is 4.79 Å². The van der Waals surface area contributed by atoms with Crippen LogP contribution in [0.15, 0.2) is 66.7 Å². The van der Waals surface area contributed by atoms with Gasteiger partial charge >= 0.3 is 5.97 Å².